The maximum atomic E-state index is 11.3. The van der Waals surface area contributed by atoms with Gasteiger partial charge in [0.2, 0.25) is 0 Å². The first-order valence-electron chi connectivity index (χ1n) is 5.28. The maximum absolute atomic E-state index is 11.3. The molecule has 0 aromatic heterocycles. The third-order valence-corrected chi connectivity index (χ3v) is 4.25. The van der Waals surface area contributed by atoms with Crippen molar-refractivity contribution in [1.29, 1.82) is 0 Å². The molecular formula is C12H15O3P. The van der Waals surface area contributed by atoms with Gasteiger partial charge in [0.05, 0.1) is 10.7 Å². The van der Waals surface area contributed by atoms with E-state index in [-0.39, 0.29) is 19.2 Å². The highest BCUT2D eigenvalue weighted by atomic mass is 31.1. The van der Waals surface area contributed by atoms with Crippen LogP contribution in [0.3, 0.4) is 0 Å². The fourth-order valence-corrected chi connectivity index (χ4v) is 2.28. The van der Waals surface area contributed by atoms with Gasteiger partial charge in [-0.2, -0.15) is 0 Å². The van der Waals surface area contributed by atoms with Gasteiger partial charge in [-0.05, 0) is 30.5 Å². The molecule has 1 aromatic carbocycles. The summed E-state index contributed by atoms with van der Waals surface area (Å²) in [4.78, 5) is 10.7. The van der Waals surface area contributed by atoms with E-state index in [1.807, 2.05) is 13.8 Å². The minimum absolute atomic E-state index is 0.0889. The number of hydrogen-bond donors (Lipinski definition) is 1. The van der Waals surface area contributed by atoms with Crippen molar-refractivity contribution in [2.24, 2.45) is 0 Å². The highest BCUT2D eigenvalue weighted by molar-refractivity contribution is 7.25. The third-order valence-electron chi connectivity index (χ3n) is 3.01. The summed E-state index contributed by atoms with van der Waals surface area (Å²) in [5, 5.41) is 8.41. The van der Waals surface area contributed by atoms with Crippen LogP contribution < -0.4 is 0 Å². The molecule has 0 aliphatic rings. The van der Waals surface area contributed by atoms with Crippen LogP contribution in [0.5, 0.6) is 0 Å². The highest BCUT2D eigenvalue weighted by Crippen LogP contribution is 2.41. The number of carbonyl (C=O) groups is 1. The molecule has 0 amide bonds. The second-order valence-corrected chi connectivity index (χ2v) is 4.75. The van der Waals surface area contributed by atoms with Crippen LogP contribution in [0.1, 0.15) is 42.6 Å². The fourth-order valence-electron chi connectivity index (χ4n) is 1.76. The molecule has 0 bridgehead atoms. The fraction of sp³-hybridized carbons (Fsp3) is 0.417. The van der Waals surface area contributed by atoms with Gasteiger partial charge in [-0.15, -0.1) is 0 Å². The van der Waals surface area contributed by atoms with Gasteiger partial charge in [0, 0.05) is 0 Å². The average Bonchev–Trinajstić information content (AvgIpc) is 2.33. The van der Waals surface area contributed by atoms with Crippen LogP contribution in [0.25, 0.3) is 0 Å². The zero-order chi connectivity index (χ0) is 12.2. The van der Waals surface area contributed by atoms with Crippen LogP contribution in [0, 0.1) is 0 Å². The molecule has 0 aliphatic carbocycles. The maximum Gasteiger partial charge on any atom is 0.335 e. The van der Waals surface area contributed by atoms with Crippen molar-refractivity contribution < 1.29 is 14.5 Å². The van der Waals surface area contributed by atoms with Crippen LogP contribution >= 0.6 is 8.46 Å². The molecule has 0 atom stereocenters. The van der Waals surface area contributed by atoms with E-state index in [1.54, 1.807) is 24.3 Å². The standard InChI is InChI=1S/C12H15O3P/c1-3-12(4-2,16-15)10-7-5-9(6-8-10)11(13)14/h5-8H,3-4H2,1-2H3,(H,13,14). The summed E-state index contributed by atoms with van der Waals surface area (Å²) in [5.74, 6) is -0.940. The normalized spacial score (nSPS) is 11.6. The number of rotatable bonds is 5. The van der Waals surface area contributed by atoms with Gasteiger partial charge in [-0.1, -0.05) is 26.0 Å². The van der Waals surface area contributed by atoms with E-state index >= 15 is 0 Å². The van der Waals surface area contributed by atoms with Crippen molar-refractivity contribution in [3.63, 3.8) is 0 Å². The van der Waals surface area contributed by atoms with Crippen LogP contribution in [0.4, 0.5) is 0 Å². The lowest BCUT2D eigenvalue weighted by Crippen LogP contribution is -2.16. The van der Waals surface area contributed by atoms with Crippen LogP contribution in [0.2, 0.25) is 0 Å². The molecule has 16 heavy (non-hydrogen) atoms. The molecular weight excluding hydrogens is 223 g/mol. The van der Waals surface area contributed by atoms with E-state index in [0.717, 1.165) is 18.4 Å². The van der Waals surface area contributed by atoms with Gasteiger partial charge in [0.15, 0.2) is 8.46 Å². The predicted octanol–water partition coefficient (Wildman–Crippen LogP) is 3.69. The molecule has 3 nitrogen and oxygen atoms in total. The first-order valence-corrected chi connectivity index (χ1v) is 6.09. The summed E-state index contributed by atoms with van der Waals surface area (Å²) < 4.78 is 11.3. The molecule has 0 unspecified atom stereocenters. The van der Waals surface area contributed by atoms with Crippen molar-refractivity contribution in [2.45, 2.75) is 31.8 Å². The summed E-state index contributed by atoms with van der Waals surface area (Å²) >= 11 is 0. The summed E-state index contributed by atoms with van der Waals surface area (Å²) in [6, 6.07) is 6.62. The lowest BCUT2D eigenvalue weighted by Gasteiger charge is -2.24. The molecule has 0 aliphatic heterocycles. The molecule has 4 heteroatoms. The van der Waals surface area contributed by atoms with Crippen LogP contribution in [-0.2, 0) is 9.72 Å². The van der Waals surface area contributed by atoms with E-state index < -0.39 is 5.97 Å². The van der Waals surface area contributed by atoms with E-state index in [2.05, 4.69) is 0 Å². The first-order chi connectivity index (χ1) is 7.59. The van der Waals surface area contributed by atoms with Gasteiger partial charge in [0.1, 0.15) is 0 Å². The number of benzene rings is 1. The molecule has 0 saturated carbocycles. The van der Waals surface area contributed by atoms with E-state index in [9.17, 15) is 9.36 Å². The molecule has 0 radical (unpaired) electrons. The summed E-state index contributed by atoms with van der Waals surface area (Å²) in [7, 11) is 0.0889. The quantitative estimate of drug-likeness (QED) is 0.796. The van der Waals surface area contributed by atoms with E-state index in [1.165, 1.54) is 0 Å². The van der Waals surface area contributed by atoms with E-state index in [4.69, 9.17) is 5.11 Å². The molecule has 1 N–H and O–H groups in total. The Morgan fingerprint density at radius 3 is 2.06 bits per heavy atom. The second-order valence-electron chi connectivity index (χ2n) is 3.71. The summed E-state index contributed by atoms with van der Waals surface area (Å²) in [5.41, 5.74) is 1.19. The zero-order valence-corrected chi connectivity index (χ0v) is 10.3. The Bertz CT molecular complexity index is 380. The lowest BCUT2D eigenvalue weighted by atomic mass is 9.92. The Morgan fingerprint density at radius 1 is 1.25 bits per heavy atom. The molecule has 0 fully saturated rings. The minimum Gasteiger partial charge on any atom is -0.478 e. The molecule has 0 saturated heterocycles. The van der Waals surface area contributed by atoms with Gasteiger partial charge in [-0.25, -0.2) is 4.79 Å². The zero-order valence-electron chi connectivity index (χ0n) is 9.43. The van der Waals surface area contributed by atoms with Gasteiger partial charge in [-0.3, -0.25) is 4.57 Å². The van der Waals surface area contributed by atoms with Crippen molar-refractivity contribution >= 4 is 14.4 Å². The van der Waals surface area contributed by atoms with Crippen molar-refractivity contribution in [2.75, 3.05) is 0 Å². The largest absolute Gasteiger partial charge is 0.478 e. The van der Waals surface area contributed by atoms with Crippen LogP contribution in [-0.4, -0.2) is 11.1 Å². The first kappa shape index (κ1) is 12.9. The molecule has 86 valence electrons. The Hall–Kier alpha value is -1.21. The second kappa shape index (κ2) is 5.22. The molecule has 1 aromatic rings. The van der Waals surface area contributed by atoms with Gasteiger partial charge in [0.25, 0.3) is 0 Å². The Balaban J connectivity index is 3.13. The van der Waals surface area contributed by atoms with Gasteiger partial charge < -0.3 is 5.11 Å². The smallest absolute Gasteiger partial charge is 0.335 e. The minimum atomic E-state index is -0.940. The Morgan fingerprint density at radius 2 is 1.75 bits per heavy atom. The topological polar surface area (TPSA) is 54.4 Å². The summed E-state index contributed by atoms with van der Waals surface area (Å²) in [6.07, 6.45) is 1.53. The molecule has 1 rings (SSSR count). The molecule has 0 spiro atoms. The summed E-state index contributed by atoms with van der Waals surface area (Å²) in [6.45, 7) is 3.97. The third kappa shape index (κ3) is 2.30. The Kier molecular flexibility index (Phi) is 4.19. The number of hydrogen-bond acceptors (Lipinski definition) is 2. The number of carboxylic acids is 1. The van der Waals surface area contributed by atoms with Gasteiger partial charge >= 0.3 is 5.97 Å². The SMILES string of the molecule is CCC(CC)(P=O)c1ccc(C(=O)O)cc1. The molecule has 0 heterocycles. The van der Waals surface area contributed by atoms with Crippen molar-refractivity contribution in [3.05, 3.63) is 35.4 Å². The number of aromatic carboxylic acids is 1. The predicted molar refractivity (Wildman–Crippen MR) is 63.3 cm³/mol. The van der Waals surface area contributed by atoms with Crippen LogP contribution in [0.15, 0.2) is 24.3 Å². The number of carboxylic acid groups (broad SMARTS) is 1. The van der Waals surface area contributed by atoms with Crippen molar-refractivity contribution in [3.8, 4) is 0 Å². The van der Waals surface area contributed by atoms with E-state index in [0.29, 0.717) is 0 Å². The van der Waals surface area contributed by atoms with Crippen molar-refractivity contribution in [1.82, 2.24) is 0 Å². The monoisotopic (exact) mass is 238 g/mol. The average molecular weight is 238 g/mol. The highest BCUT2D eigenvalue weighted by Gasteiger charge is 2.29. The lowest BCUT2D eigenvalue weighted by molar-refractivity contribution is 0.0697. The Labute approximate surface area is 96.7 Å².